The van der Waals surface area contributed by atoms with Crippen molar-refractivity contribution in [3.05, 3.63) is 0 Å². The SMILES string of the molecule is CCCCCCCCCCC[CH2][Sn]([Cl])[O][Sn]([Cl])([CH2]CCCCCCCCCCC)[O][Sn]([Cl])([CH2]CCCCCCCCCCC)[O][Sn]([Cl])([Cl])[CH2]CCCCCCCCCCC. The predicted octanol–water partition coefficient (Wildman–Crippen LogP) is 21.2. The van der Waals surface area contributed by atoms with E-state index in [-0.39, 0.29) is 0 Å². The molecule has 0 aliphatic heterocycles. The van der Waals surface area contributed by atoms with Crippen molar-refractivity contribution in [1.82, 2.24) is 0 Å². The van der Waals surface area contributed by atoms with Crippen LogP contribution in [-0.2, 0) is 4.23 Å². The second-order valence-corrected chi connectivity index (χ2v) is 70.8. The van der Waals surface area contributed by atoms with Crippen LogP contribution in [0.25, 0.3) is 0 Å². The van der Waals surface area contributed by atoms with Crippen LogP contribution in [0.1, 0.15) is 285 Å². The fourth-order valence-electron chi connectivity index (χ4n) is 8.18. The van der Waals surface area contributed by atoms with E-state index in [0.717, 1.165) is 62.7 Å². The van der Waals surface area contributed by atoms with Crippen molar-refractivity contribution in [3.63, 3.8) is 0 Å². The van der Waals surface area contributed by atoms with Gasteiger partial charge >= 0.3 is 423 Å². The minimum absolute atomic E-state index is 0.745. The number of hydrogen-bond acceptors (Lipinski definition) is 3. The second-order valence-electron chi connectivity index (χ2n) is 18.3. The third kappa shape index (κ3) is 45.0. The van der Waals surface area contributed by atoms with Gasteiger partial charge in [-0.1, -0.05) is 0 Å². The van der Waals surface area contributed by atoms with Crippen LogP contribution in [0.5, 0.6) is 0 Å². The molecule has 0 saturated heterocycles. The van der Waals surface area contributed by atoms with Crippen molar-refractivity contribution < 1.29 is 4.23 Å². The van der Waals surface area contributed by atoms with Gasteiger partial charge in [-0.15, -0.1) is 0 Å². The maximum atomic E-state index is 7.70. The molecule has 361 valence electrons. The molecule has 12 heteroatoms. The Morgan fingerprint density at radius 2 is 0.550 bits per heavy atom. The van der Waals surface area contributed by atoms with Crippen LogP contribution in [-0.4, -0.2) is 71.7 Å². The van der Waals surface area contributed by atoms with Crippen LogP contribution in [0.4, 0.5) is 0 Å². The van der Waals surface area contributed by atoms with Gasteiger partial charge in [0.25, 0.3) is 0 Å². The van der Waals surface area contributed by atoms with Gasteiger partial charge in [0.2, 0.25) is 0 Å². The molecule has 0 aromatic carbocycles. The van der Waals surface area contributed by atoms with Crippen LogP contribution < -0.4 is 0 Å². The first kappa shape index (κ1) is 64.5. The van der Waals surface area contributed by atoms with E-state index in [4.69, 9.17) is 48.8 Å². The van der Waals surface area contributed by atoms with Crippen molar-refractivity contribution in [2.45, 2.75) is 302 Å². The molecule has 2 atom stereocenters. The Labute approximate surface area is 417 Å². The standard InChI is InChI=1S/4C12H25.5ClH.3O.4Sn/c4*1-3-5-7-9-11-12-10-8-6-4-2;;;;;;;;;;;;/h4*1,3-12H2,2H3;5*1H;;;;;;;/q;;;;;;;;;;;;3*+1;+2/p-5. The summed E-state index contributed by atoms with van der Waals surface area (Å²) in [4.78, 5) is 0. The number of rotatable bonds is 50. The third-order valence-corrected chi connectivity index (χ3v) is 91.2. The fraction of sp³-hybridized carbons (Fsp3) is 1.00. The van der Waals surface area contributed by atoms with E-state index in [2.05, 4.69) is 27.7 Å². The molecule has 0 rings (SSSR count). The third-order valence-electron chi connectivity index (χ3n) is 12.1. The van der Waals surface area contributed by atoms with Gasteiger partial charge in [0.15, 0.2) is 0 Å². The fourth-order valence-corrected chi connectivity index (χ4v) is 118. The molecule has 2 unspecified atom stereocenters. The predicted molar refractivity (Wildman–Crippen MR) is 282 cm³/mol. The van der Waals surface area contributed by atoms with E-state index in [1.807, 2.05) is 0 Å². The topological polar surface area (TPSA) is 27.7 Å². The molecule has 0 aliphatic rings. The van der Waals surface area contributed by atoms with Crippen LogP contribution >= 0.6 is 44.6 Å². The van der Waals surface area contributed by atoms with Gasteiger partial charge in [-0.05, 0) is 0 Å². The summed E-state index contributed by atoms with van der Waals surface area (Å²) in [5.41, 5.74) is 0. The Balaban J connectivity index is 5.49. The number of halogens is 5. The van der Waals surface area contributed by atoms with Gasteiger partial charge in [0.05, 0.1) is 0 Å². The van der Waals surface area contributed by atoms with Gasteiger partial charge < -0.3 is 0 Å². The quantitative estimate of drug-likeness (QED) is 0.0449. The summed E-state index contributed by atoms with van der Waals surface area (Å²) in [6, 6.07) is 0. The van der Waals surface area contributed by atoms with Crippen LogP contribution in [0, 0.1) is 0 Å². The summed E-state index contributed by atoms with van der Waals surface area (Å²) in [6.45, 7) is 9.14. The monoisotopic (exact) mass is 1380 g/mol. The van der Waals surface area contributed by atoms with Crippen molar-refractivity contribution >= 4 is 116 Å². The molecular weight excluding hydrogens is 1280 g/mol. The van der Waals surface area contributed by atoms with E-state index in [1.54, 1.807) is 0 Å². The van der Waals surface area contributed by atoms with Crippen LogP contribution in [0.15, 0.2) is 0 Å². The molecule has 0 aromatic heterocycles. The molecule has 0 bridgehead atoms. The Hall–Kier alpha value is 4.52. The van der Waals surface area contributed by atoms with E-state index in [0.29, 0.717) is 0 Å². The summed E-state index contributed by atoms with van der Waals surface area (Å²) in [5.74, 6) is 0. The summed E-state index contributed by atoms with van der Waals surface area (Å²) >= 11 is -15.2. The average molecular weight is 1380 g/mol. The van der Waals surface area contributed by atoms with Crippen molar-refractivity contribution in [2.75, 3.05) is 0 Å². The molecule has 60 heavy (non-hydrogen) atoms. The summed E-state index contributed by atoms with van der Waals surface area (Å²) in [6.07, 6.45) is 51.5. The summed E-state index contributed by atoms with van der Waals surface area (Å²) in [7, 11) is 37.1. The summed E-state index contributed by atoms with van der Waals surface area (Å²) in [5, 5.41) is 0. The Morgan fingerprint density at radius 3 is 0.867 bits per heavy atom. The molecule has 1 radical (unpaired) electrons. The average Bonchev–Trinajstić information content (AvgIpc) is 3.20. The molecule has 0 N–H and O–H groups in total. The van der Waals surface area contributed by atoms with Gasteiger partial charge in [-0.2, -0.15) is 0 Å². The number of unbranched alkanes of at least 4 members (excludes halogenated alkanes) is 36. The summed E-state index contributed by atoms with van der Waals surface area (Å²) < 4.78 is 24.3. The Morgan fingerprint density at radius 1 is 0.300 bits per heavy atom. The molecule has 0 spiro atoms. The molecule has 0 saturated carbocycles. The molecular formula is C48H100Cl5O3Sn4. The first-order valence-corrected chi connectivity index (χ1v) is 59.5. The maximum absolute atomic E-state index is 7.70. The van der Waals surface area contributed by atoms with Crippen LogP contribution in [0.3, 0.4) is 0 Å². The van der Waals surface area contributed by atoms with Crippen molar-refractivity contribution in [2.24, 2.45) is 0 Å². The van der Waals surface area contributed by atoms with E-state index < -0.39 is 71.7 Å². The first-order chi connectivity index (χ1) is 29.1. The van der Waals surface area contributed by atoms with Crippen molar-refractivity contribution in [1.29, 1.82) is 0 Å². The number of hydrogen-bond donors (Lipinski definition) is 0. The van der Waals surface area contributed by atoms with Gasteiger partial charge in [0.1, 0.15) is 0 Å². The Kier molecular flexibility index (Phi) is 50.8. The van der Waals surface area contributed by atoms with Gasteiger partial charge in [-0.3, -0.25) is 0 Å². The van der Waals surface area contributed by atoms with Gasteiger partial charge in [0, 0.05) is 0 Å². The molecule has 0 fully saturated rings. The van der Waals surface area contributed by atoms with E-state index >= 15 is 0 Å². The normalized spacial score (nSPS) is 14.3. The zero-order chi connectivity index (χ0) is 44.3. The Bertz CT molecular complexity index is 886. The molecule has 0 amide bonds. The minimum atomic E-state index is -4.30. The molecule has 0 aromatic rings. The molecule has 3 nitrogen and oxygen atoms in total. The van der Waals surface area contributed by atoms with Crippen LogP contribution in [0.2, 0.25) is 17.7 Å². The van der Waals surface area contributed by atoms with Gasteiger partial charge in [-0.25, -0.2) is 0 Å². The first-order valence-electron chi connectivity index (χ1n) is 26.4. The zero-order valence-corrected chi connectivity index (χ0v) is 55.4. The second kappa shape index (κ2) is 47.2. The zero-order valence-electron chi connectivity index (χ0n) is 40.2. The van der Waals surface area contributed by atoms with Crippen molar-refractivity contribution in [3.8, 4) is 0 Å². The van der Waals surface area contributed by atoms with E-state index in [1.165, 1.54) is 212 Å². The molecule has 0 heterocycles. The van der Waals surface area contributed by atoms with E-state index in [9.17, 15) is 0 Å². The molecule has 0 aliphatic carbocycles.